The Kier molecular flexibility index (Phi) is 5.50. The van der Waals surface area contributed by atoms with Gasteiger partial charge in [0, 0.05) is 37.2 Å². The number of rotatable bonds is 5. The highest BCUT2D eigenvalue weighted by molar-refractivity contribution is 5.94. The van der Waals surface area contributed by atoms with E-state index in [9.17, 15) is 15.0 Å². The molecule has 1 amide bonds. The summed E-state index contributed by atoms with van der Waals surface area (Å²) in [5.41, 5.74) is 0.360. The van der Waals surface area contributed by atoms with E-state index in [-0.39, 0.29) is 17.7 Å². The average molecular weight is 435 g/mol. The van der Waals surface area contributed by atoms with Crippen LogP contribution >= 0.6 is 0 Å². The van der Waals surface area contributed by atoms with Gasteiger partial charge in [0.05, 0.1) is 5.60 Å². The minimum Gasteiger partial charge on any atom is -0.508 e. The van der Waals surface area contributed by atoms with Crippen molar-refractivity contribution in [2.24, 2.45) is 5.92 Å². The Labute approximate surface area is 190 Å². The fourth-order valence-corrected chi connectivity index (χ4v) is 6.14. The summed E-state index contributed by atoms with van der Waals surface area (Å²) in [6, 6.07) is 16.9. The number of aliphatic hydroxyl groups is 1. The van der Waals surface area contributed by atoms with Crippen LogP contribution in [0.1, 0.15) is 54.4 Å². The summed E-state index contributed by atoms with van der Waals surface area (Å²) in [6.45, 7) is 2.69. The van der Waals surface area contributed by atoms with Gasteiger partial charge in [-0.05, 0) is 80.8 Å². The lowest BCUT2D eigenvalue weighted by atomic mass is 9.55. The van der Waals surface area contributed by atoms with Crippen LogP contribution in [0, 0.1) is 5.92 Å². The summed E-state index contributed by atoms with van der Waals surface area (Å²) in [4.78, 5) is 17.5. The molecule has 0 radical (unpaired) electrons. The maximum Gasteiger partial charge on any atom is 0.253 e. The Morgan fingerprint density at radius 3 is 2.59 bits per heavy atom. The quantitative estimate of drug-likeness (QED) is 0.751. The molecule has 0 bridgehead atoms. The van der Waals surface area contributed by atoms with Gasteiger partial charge in [0.1, 0.15) is 5.75 Å². The first-order valence-corrected chi connectivity index (χ1v) is 12.0. The van der Waals surface area contributed by atoms with Crippen molar-refractivity contribution in [3.8, 4) is 5.75 Å². The number of phenolic OH excluding ortho intramolecular Hbond substituents is 1. The third-order valence-corrected chi connectivity index (χ3v) is 8.21. The highest BCUT2D eigenvalue weighted by Crippen LogP contribution is 2.53. The van der Waals surface area contributed by atoms with Crippen LogP contribution in [0.25, 0.3) is 0 Å². The Morgan fingerprint density at radius 1 is 1.09 bits per heavy atom. The van der Waals surface area contributed by atoms with E-state index in [1.165, 1.54) is 12.8 Å². The van der Waals surface area contributed by atoms with E-state index in [1.54, 1.807) is 6.07 Å². The molecule has 2 N–H and O–H groups in total. The zero-order valence-corrected chi connectivity index (χ0v) is 18.9. The number of aromatic hydroxyl groups is 1. The van der Waals surface area contributed by atoms with Crippen LogP contribution in [0.5, 0.6) is 5.75 Å². The molecule has 2 unspecified atom stereocenters. The Morgan fingerprint density at radius 2 is 1.88 bits per heavy atom. The van der Waals surface area contributed by atoms with Crippen molar-refractivity contribution in [2.45, 2.75) is 55.6 Å². The predicted molar refractivity (Wildman–Crippen MR) is 125 cm³/mol. The smallest absolute Gasteiger partial charge is 0.253 e. The predicted octanol–water partition coefficient (Wildman–Crippen LogP) is 3.80. The summed E-state index contributed by atoms with van der Waals surface area (Å²) < 4.78 is 0. The molecule has 3 aliphatic rings. The van der Waals surface area contributed by atoms with E-state index >= 15 is 0 Å². The number of nitrogens with zero attached hydrogens (tertiary/aromatic N) is 2. The van der Waals surface area contributed by atoms with Gasteiger partial charge in [0.25, 0.3) is 5.91 Å². The molecule has 1 saturated heterocycles. The number of amides is 1. The lowest BCUT2D eigenvalue weighted by Crippen LogP contribution is -2.67. The van der Waals surface area contributed by atoms with Crippen LogP contribution in [0.2, 0.25) is 0 Å². The van der Waals surface area contributed by atoms with Gasteiger partial charge in [0.15, 0.2) is 0 Å². The maximum atomic E-state index is 13.2. The van der Waals surface area contributed by atoms with Crippen LogP contribution in [-0.4, -0.2) is 64.2 Å². The van der Waals surface area contributed by atoms with E-state index in [0.29, 0.717) is 24.9 Å². The highest BCUT2D eigenvalue weighted by atomic mass is 16.3. The Balaban J connectivity index is 1.45. The van der Waals surface area contributed by atoms with Gasteiger partial charge in [-0.1, -0.05) is 30.3 Å². The topological polar surface area (TPSA) is 64.0 Å². The average Bonchev–Trinajstić information content (AvgIpc) is 3.62. The first-order valence-electron chi connectivity index (χ1n) is 12.0. The van der Waals surface area contributed by atoms with Crippen molar-refractivity contribution in [3.05, 3.63) is 65.7 Å². The zero-order chi connectivity index (χ0) is 22.3. The van der Waals surface area contributed by atoms with Gasteiger partial charge in [-0.15, -0.1) is 0 Å². The highest BCUT2D eigenvalue weighted by Gasteiger charge is 2.58. The fourth-order valence-electron chi connectivity index (χ4n) is 6.14. The van der Waals surface area contributed by atoms with Crippen LogP contribution in [0.4, 0.5) is 0 Å². The molecule has 0 spiro atoms. The number of hydrogen-bond donors (Lipinski definition) is 2. The van der Waals surface area contributed by atoms with Crippen molar-refractivity contribution in [1.82, 2.24) is 9.80 Å². The van der Waals surface area contributed by atoms with Crippen LogP contribution in [-0.2, 0) is 5.41 Å². The van der Waals surface area contributed by atoms with Gasteiger partial charge in [0.2, 0.25) is 0 Å². The number of carbonyl (C=O) groups is 1. The fraction of sp³-hybridized carbons (Fsp3) is 0.519. The van der Waals surface area contributed by atoms with Gasteiger partial charge < -0.3 is 20.0 Å². The minimum atomic E-state index is -0.860. The van der Waals surface area contributed by atoms with E-state index in [4.69, 9.17) is 0 Å². The second-order valence-electron chi connectivity index (χ2n) is 10.3. The number of piperidine rings is 1. The van der Waals surface area contributed by atoms with Crippen molar-refractivity contribution in [2.75, 3.05) is 26.7 Å². The maximum absolute atomic E-state index is 13.2. The molecule has 5 rings (SSSR count). The molecule has 2 aromatic rings. The first kappa shape index (κ1) is 21.5. The second-order valence-corrected chi connectivity index (χ2v) is 10.3. The standard InChI is InChI=1S/C27H34N2O3/c1-28(25(31)21-6-3-2-4-7-21)23-12-13-27(32)19-29(18-20-10-11-20)15-14-26(27,17-23)22-8-5-9-24(30)16-22/h2-9,16,20,23,30,32H,10-15,17-19H2,1H3/t23-,26?,27?/m1/s1. The minimum absolute atomic E-state index is 0.0262. The number of phenols is 1. The second kappa shape index (κ2) is 8.20. The van der Waals surface area contributed by atoms with Gasteiger partial charge in [-0.3, -0.25) is 4.79 Å². The summed E-state index contributed by atoms with van der Waals surface area (Å²) in [5, 5.41) is 22.4. The number of fused-ring (bicyclic) bond motifs is 1. The molecule has 3 fully saturated rings. The number of carbonyl (C=O) groups excluding carboxylic acids is 1. The lowest BCUT2D eigenvalue weighted by Gasteiger charge is -2.59. The summed E-state index contributed by atoms with van der Waals surface area (Å²) in [7, 11) is 1.89. The number of hydrogen-bond acceptors (Lipinski definition) is 4. The van der Waals surface area contributed by atoms with E-state index in [2.05, 4.69) is 4.90 Å². The summed E-state index contributed by atoms with van der Waals surface area (Å²) in [6.07, 6.45) is 5.59. The van der Waals surface area contributed by atoms with E-state index in [0.717, 1.165) is 37.4 Å². The van der Waals surface area contributed by atoms with Crippen molar-refractivity contribution in [3.63, 3.8) is 0 Å². The number of β-amino-alcohol motifs (C(OH)–C–C–N with tert-alkyl or cyclic N) is 1. The zero-order valence-electron chi connectivity index (χ0n) is 18.9. The molecule has 3 atom stereocenters. The first-order chi connectivity index (χ1) is 15.4. The largest absolute Gasteiger partial charge is 0.508 e. The van der Waals surface area contributed by atoms with Gasteiger partial charge >= 0.3 is 0 Å². The molecule has 1 heterocycles. The summed E-state index contributed by atoms with van der Waals surface area (Å²) in [5.74, 6) is 1.05. The number of benzene rings is 2. The van der Waals surface area contributed by atoms with Crippen molar-refractivity contribution >= 4 is 5.91 Å². The van der Waals surface area contributed by atoms with E-state index < -0.39 is 11.0 Å². The Hall–Kier alpha value is -2.37. The van der Waals surface area contributed by atoms with Crippen molar-refractivity contribution < 1.29 is 15.0 Å². The third-order valence-electron chi connectivity index (χ3n) is 8.21. The third kappa shape index (κ3) is 3.82. The van der Waals surface area contributed by atoms with Crippen LogP contribution in [0.15, 0.2) is 54.6 Å². The molecule has 32 heavy (non-hydrogen) atoms. The molecule has 5 heteroatoms. The molecule has 5 nitrogen and oxygen atoms in total. The molecule has 2 aliphatic carbocycles. The van der Waals surface area contributed by atoms with Crippen LogP contribution < -0.4 is 0 Å². The molecule has 0 aromatic heterocycles. The van der Waals surface area contributed by atoms with Gasteiger partial charge in [-0.2, -0.15) is 0 Å². The SMILES string of the molecule is CN(C(=O)c1ccccc1)[C@@H]1CCC2(O)CN(CC3CC3)CCC2(c2cccc(O)c2)C1. The number of likely N-dealkylation sites (tertiary alicyclic amines) is 1. The van der Waals surface area contributed by atoms with Gasteiger partial charge in [-0.25, -0.2) is 0 Å². The van der Waals surface area contributed by atoms with Crippen LogP contribution in [0.3, 0.4) is 0 Å². The molecule has 2 saturated carbocycles. The van der Waals surface area contributed by atoms with Crippen molar-refractivity contribution in [1.29, 1.82) is 0 Å². The monoisotopic (exact) mass is 434 g/mol. The molecular formula is C27H34N2O3. The molecule has 2 aromatic carbocycles. The normalized spacial score (nSPS) is 30.5. The molecule has 1 aliphatic heterocycles. The lowest BCUT2D eigenvalue weighted by molar-refractivity contribution is -0.132. The molecule has 170 valence electrons. The van der Waals surface area contributed by atoms with E-state index in [1.807, 2.05) is 60.5 Å². The summed E-state index contributed by atoms with van der Waals surface area (Å²) >= 11 is 0. The molecular weight excluding hydrogens is 400 g/mol. The Bertz CT molecular complexity index is 976.